The highest BCUT2D eigenvalue weighted by Crippen LogP contribution is 2.33. The first-order valence-electron chi connectivity index (χ1n) is 8.00. The first kappa shape index (κ1) is 16.2. The average Bonchev–Trinajstić information content (AvgIpc) is 3.07. The Morgan fingerprint density at radius 3 is 2.68 bits per heavy atom. The molecule has 4 heterocycles. The SMILES string of the molecule is O=C(c1ccncc1)N1CC2(C1)CS(=O)(=O)[C@@H](Cn1cccn1)CO2. The molecule has 2 saturated heterocycles. The lowest BCUT2D eigenvalue weighted by Crippen LogP contribution is -2.70. The highest BCUT2D eigenvalue weighted by Gasteiger charge is 2.53. The fraction of sp³-hybridized carbons (Fsp3) is 0.438. The Labute approximate surface area is 145 Å². The normalized spacial score (nSPS) is 24.0. The van der Waals surface area contributed by atoms with E-state index >= 15 is 0 Å². The molecule has 4 rings (SSSR count). The number of carbonyl (C=O) groups is 1. The van der Waals surface area contributed by atoms with Gasteiger partial charge in [0.2, 0.25) is 0 Å². The molecule has 1 amide bonds. The van der Waals surface area contributed by atoms with Gasteiger partial charge in [-0.3, -0.25) is 14.5 Å². The van der Waals surface area contributed by atoms with Crippen molar-refractivity contribution in [1.82, 2.24) is 19.7 Å². The zero-order valence-electron chi connectivity index (χ0n) is 13.5. The average molecular weight is 362 g/mol. The Morgan fingerprint density at radius 2 is 2.04 bits per heavy atom. The van der Waals surface area contributed by atoms with Crippen LogP contribution in [-0.2, 0) is 21.1 Å². The molecule has 132 valence electrons. The molecule has 1 spiro atoms. The van der Waals surface area contributed by atoms with E-state index in [1.54, 1.807) is 52.6 Å². The van der Waals surface area contributed by atoms with Gasteiger partial charge in [0.15, 0.2) is 9.84 Å². The van der Waals surface area contributed by atoms with Crippen LogP contribution in [0.15, 0.2) is 43.0 Å². The second-order valence-corrected chi connectivity index (χ2v) is 8.83. The third kappa shape index (κ3) is 3.05. The lowest BCUT2D eigenvalue weighted by molar-refractivity contribution is -0.121. The van der Waals surface area contributed by atoms with Gasteiger partial charge in [-0.2, -0.15) is 5.10 Å². The van der Waals surface area contributed by atoms with Crippen LogP contribution in [0.3, 0.4) is 0 Å². The van der Waals surface area contributed by atoms with Gasteiger partial charge < -0.3 is 9.64 Å². The maximum atomic E-state index is 12.6. The molecule has 2 aliphatic heterocycles. The van der Waals surface area contributed by atoms with Crippen LogP contribution in [-0.4, -0.2) is 70.3 Å². The van der Waals surface area contributed by atoms with Crippen LogP contribution in [0, 0.1) is 0 Å². The van der Waals surface area contributed by atoms with Gasteiger partial charge in [-0.05, 0) is 18.2 Å². The monoisotopic (exact) mass is 362 g/mol. The molecule has 0 unspecified atom stereocenters. The summed E-state index contributed by atoms with van der Waals surface area (Å²) >= 11 is 0. The maximum Gasteiger partial charge on any atom is 0.254 e. The van der Waals surface area contributed by atoms with Crippen LogP contribution in [0.4, 0.5) is 0 Å². The lowest BCUT2D eigenvalue weighted by Gasteiger charge is -2.52. The Kier molecular flexibility index (Phi) is 3.84. The Balaban J connectivity index is 1.41. The van der Waals surface area contributed by atoms with Crippen molar-refractivity contribution in [2.45, 2.75) is 17.4 Å². The molecular weight excluding hydrogens is 344 g/mol. The number of hydrogen-bond donors (Lipinski definition) is 0. The molecule has 9 heteroatoms. The zero-order chi connectivity index (χ0) is 17.5. The molecule has 0 bridgehead atoms. The van der Waals surface area contributed by atoms with Crippen molar-refractivity contribution < 1.29 is 17.9 Å². The molecule has 25 heavy (non-hydrogen) atoms. The van der Waals surface area contributed by atoms with E-state index in [2.05, 4.69) is 10.1 Å². The van der Waals surface area contributed by atoms with Crippen molar-refractivity contribution in [3.05, 3.63) is 48.5 Å². The van der Waals surface area contributed by atoms with E-state index in [4.69, 9.17) is 4.74 Å². The topological polar surface area (TPSA) is 94.4 Å². The van der Waals surface area contributed by atoms with Crippen molar-refractivity contribution in [3.8, 4) is 0 Å². The third-order valence-corrected chi connectivity index (χ3v) is 6.90. The maximum absolute atomic E-state index is 12.6. The summed E-state index contributed by atoms with van der Waals surface area (Å²) in [6, 6.07) is 5.05. The van der Waals surface area contributed by atoms with E-state index < -0.39 is 20.7 Å². The number of sulfone groups is 1. The van der Waals surface area contributed by atoms with Gasteiger partial charge in [0.25, 0.3) is 5.91 Å². The van der Waals surface area contributed by atoms with Gasteiger partial charge in [0, 0.05) is 30.4 Å². The molecule has 0 N–H and O–H groups in total. The summed E-state index contributed by atoms with van der Waals surface area (Å²) in [4.78, 5) is 17.9. The van der Waals surface area contributed by atoms with Gasteiger partial charge in [-0.25, -0.2) is 8.42 Å². The van der Waals surface area contributed by atoms with Crippen LogP contribution in [0.2, 0.25) is 0 Å². The lowest BCUT2D eigenvalue weighted by atomic mass is 9.94. The van der Waals surface area contributed by atoms with E-state index in [1.807, 2.05) is 0 Å². The fourth-order valence-corrected chi connectivity index (χ4v) is 5.23. The first-order valence-corrected chi connectivity index (χ1v) is 9.71. The van der Waals surface area contributed by atoms with E-state index in [9.17, 15) is 13.2 Å². The first-order chi connectivity index (χ1) is 12.0. The number of amides is 1. The summed E-state index contributed by atoms with van der Waals surface area (Å²) in [6.45, 7) is 0.994. The number of ether oxygens (including phenoxy) is 1. The summed E-state index contributed by atoms with van der Waals surface area (Å²) in [5, 5.41) is 3.45. The molecule has 0 radical (unpaired) electrons. The Morgan fingerprint density at radius 1 is 1.28 bits per heavy atom. The molecule has 0 aliphatic carbocycles. The van der Waals surface area contributed by atoms with Crippen LogP contribution < -0.4 is 0 Å². The third-order valence-electron chi connectivity index (χ3n) is 4.67. The molecule has 8 nitrogen and oxygen atoms in total. The van der Waals surface area contributed by atoms with E-state index in [1.165, 1.54) is 0 Å². The minimum Gasteiger partial charge on any atom is -0.369 e. The molecule has 0 saturated carbocycles. The van der Waals surface area contributed by atoms with Gasteiger partial charge in [-0.1, -0.05) is 0 Å². The number of rotatable bonds is 3. The number of aromatic nitrogens is 3. The highest BCUT2D eigenvalue weighted by molar-refractivity contribution is 7.92. The molecule has 2 aromatic heterocycles. The van der Waals surface area contributed by atoms with E-state index in [0.717, 1.165) is 0 Å². The standard InChI is InChI=1S/C16H18N4O4S/c21-15(13-2-5-17-6-3-13)19-10-16(11-19)12-25(22,23)14(9-24-16)8-20-7-1-4-18-20/h1-7,14H,8-12H2/t14-/m0/s1. The fourth-order valence-electron chi connectivity index (χ4n) is 3.34. The number of hydrogen-bond acceptors (Lipinski definition) is 6. The zero-order valence-corrected chi connectivity index (χ0v) is 14.3. The van der Waals surface area contributed by atoms with Crippen molar-refractivity contribution in [3.63, 3.8) is 0 Å². The molecular formula is C16H18N4O4S. The molecule has 2 fully saturated rings. The van der Waals surface area contributed by atoms with Crippen LogP contribution in [0.25, 0.3) is 0 Å². The number of likely N-dealkylation sites (tertiary alicyclic amines) is 1. The summed E-state index contributed by atoms with van der Waals surface area (Å²) in [5.41, 5.74) is -0.234. The molecule has 2 aromatic rings. The largest absolute Gasteiger partial charge is 0.369 e. The van der Waals surface area contributed by atoms with Crippen LogP contribution in [0.1, 0.15) is 10.4 Å². The van der Waals surface area contributed by atoms with Crippen molar-refractivity contribution >= 4 is 15.7 Å². The molecule has 1 atom stereocenters. The van der Waals surface area contributed by atoms with Gasteiger partial charge in [0.1, 0.15) is 10.9 Å². The summed E-state index contributed by atoms with van der Waals surface area (Å²) in [6.07, 6.45) is 6.47. The summed E-state index contributed by atoms with van der Waals surface area (Å²) in [5.74, 6) is -0.195. The number of nitrogens with zero attached hydrogens (tertiary/aromatic N) is 4. The number of pyridine rings is 1. The van der Waals surface area contributed by atoms with Crippen molar-refractivity contribution in [2.75, 3.05) is 25.4 Å². The van der Waals surface area contributed by atoms with Gasteiger partial charge in [0.05, 0.1) is 32.0 Å². The van der Waals surface area contributed by atoms with Crippen LogP contribution >= 0.6 is 0 Å². The van der Waals surface area contributed by atoms with Gasteiger partial charge in [-0.15, -0.1) is 0 Å². The molecule has 2 aliphatic rings. The number of carbonyl (C=O) groups excluding carboxylic acids is 1. The van der Waals surface area contributed by atoms with Gasteiger partial charge >= 0.3 is 0 Å². The molecule has 0 aromatic carbocycles. The van der Waals surface area contributed by atoms with Crippen molar-refractivity contribution in [1.29, 1.82) is 0 Å². The predicted octanol–water partition coefficient (Wildman–Crippen LogP) is -0.0135. The summed E-state index contributed by atoms with van der Waals surface area (Å²) in [7, 11) is -3.32. The minimum atomic E-state index is -3.32. The second kappa shape index (κ2) is 5.92. The van der Waals surface area contributed by atoms with Crippen LogP contribution in [0.5, 0.6) is 0 Å². The summed E-state index contributed by atoms with van der Waals surface area (Å²) < 4.78 is 32.7. The highest BCUT2D eigenvalue weighted by atomic mass is 32.2. The minimum absolute atomic E-state index is 0.0634. The quantitative estimate of drug-likeness (QED) is 0.762. The smallest absolute Gasteiger partial charge is 0.254 e. The second-order valence-electron chi connectivity index (χ2n) is 6.55. The Hall–Kier alpha value is -2.26. The van der Waals surface area contributed by atoms with E-state index in [-0.39, 0.29) is 24.8 Å². The van der Waals surface area contributed by atoms with E-state index in [0.29, 0.717) is 18.7 Å². The Bertz CT molecular complexity index is 861. The van der Waals surface area contributed by atoms with Crippen molar-refractivity contribution in [2.24, 2.45) is 0 Å². The predicted molar refractivity (Wildman–Crippen MR) is 88.6 cm³/mol.